The van der Waals surface area contributed by atoms with Crippen molar-refractivity contribution in [3.8, 4) is 17.0 Å². The second-order valence-electron chi connectivity index (χ2n) is 5.79. The molecule has 0 radical (unpaired) electrons. The van der Waals surface area contributed by atoms with Crippen LogP contribution in [0.15, 0.2) is 53.9 Å². The molecule has 0 aliphatic heterocycles. The van der Waals surface area contributed by atoms with Crippen LogP contribution in [0.5, 0.6) is 5.75 Å². The third kappa shape index (κ3) is 4.62. The lowest BCUT2D eigenvalue weighted by atomic mass is 10.1. The summed E-state index contributed by atoms with van der Waals surface area (Å²) in [6.07, 6.45) is 0.358. The van der Waals surface area contributed by atoms with Gasteiger partial charge in [0.1, 0.15) is 5.75 Å². The van der Waals surface area contributed by atoms with Crippen LogP contribution >= 0.6 is 22.9 Å². The van der Waals surface area contributed by atoms with Crippen LogP contribution < -0.4 is 10.1 Å². The third-order valence-electron chi connectivity index (χ3n) is 3.89. The monoisotopic (exact) mass is 386 g/mol. The smallest absolute Gasteiger partial charge is 0.266 e. The Morgan fingerprint density at radius 3 is 2.54 bits per heavy atom. The number of carbonyl (C=O) groups is 1. The number of thiazole rings is 1. The summed E-state index contributed by atoms with van der Waals surface area (Å²) in [6, 6.07) is 15.2. The fourth-order valence-corrected chi connectivity index (χ4v) is 3.20. The maximum absolute atomic E-state index is 12.3. The molecule has 0 fully saturated rings. The summed E-state index contributed by atoms with van der Waals surface area (Å²) in [6.45, 7) is 3.82. The van der Waals surface area contributed by atoms with Gasteiger partial charge in [-0.3, -0.25) is 10.1 Å². The summed E-state index contributed by atoms with van der Waals surface area (Å²) in [4.78, 5) is 16.8. The predicted octanol–water partition coefficient (Wildman–Crippen LogP) is 5.43. The van der Waals surface area contributed by atoms with Crippen molar-refractivity contribution < 1.29 is 9.53 Å². The molecule has 134 valence electrons. The van der Waals surface area contributed by atoms with Crippen LogP contribution in [-0.2, 0) is 11.2 Å². The number of aromatic nitrogens is 1. The van der Waals surface area contributed by atoms with Gasteiger partial charge in [-0.25, -0.2) is 4.98 Å². The van der Waals surface area contributed by atoms with Gasteiger partial charge < -0.3 is 4.74 Å². The second kappa shape index (κ2) is 8.34. The Labute approximate surface area is 161 Å². The molecule has 6 heteroatoms. The van der Waals surface area contributed by atoms with Gasteiger partial charge in [0.15, 0.2) is 11.2 Å². The maximum Gasteiger partial charge on any atom is 0.266 e. The summed E-state index contributed by atoms with van der Waals surface area (Å²) in [7, 11) is 0. The fraction of sp³-hybridized carbons (Fsp3) is 0.200. The average Bonchev–Trinajstić information content (AvgIpc) is 3.12. The normalized spacial score (nSPS) is 11.8. The van der Waals surface area contributed by atoms with E-state index in [9.17, 15) is 4.79 Å². The van der Waals surface area contributed by atoms with Crippen molar-refractivity contribution in [2.75, 3.05) is 5.32 Å². The minimum Gasteiger partial charge on any atom is -0.481 e. The highest BCUT2D eigenvalue weighted by atomic mass is 35.5. The molecular formula is C20H19ClN2O2S. The number of benzene rings is 2. The second-order valence-corrected chi connectivity index (χ2v) is 7.09. The van der Waals surface area contributed by atoms with Crippen LogP contribution in [0.3, 0.4) is 0 Å². The number of aryl methyl sites for hydroxylation is 1. The van der Waals surface area contributed by atoms with Crippen molar-refractivity contribution >= 4 is 34.0 Å². The standard InChI is InChI=1S/C20H19ClN2O2S/c1-3-14-4-6-15(7-5-14)18-12-26-20(22-18)23-19(24)13(2)25-17-10-8-16(21)9-11-17/h4-13H,3H2,1-2H3,(H,22,23,24). The number of rotatable bonds is 6. The van der Waals surface area contributed by atoms with Gasteiger partial charge >= 0.3 is 0 Å². The molecule has 4 nitrogen and oxygen atoms in total. The van der Waals surface area contributed by atoms with Gasteiger partial charge in [0.05, 0.1) is 5.69 Å². The first-order valence-electron chi connectivity index (χ1n) is 8.33. The highest BCUT2D eigenvalue weighted by Crippen LogP contribution is 2.25. The largest absolute Gasteiger partial charge is 0.481 e. The van der Waals surface area contributed by atoms with E-state index in [1.807, 2.05) is 17.5 Å². The zero-order chi connectivity index (χ0) is 18.5. The molecule has 1 amide bonds. The molecule has 0 saturated heterocycles. The van der Waals surface area contributed by atoms with Gasteiger partial charge in [0.25, 0.3) is 5.91 Å². The average molecular weight is 387 g/mol. The summed E-state index contributed by atoms with van der Waals surface area (Å²) < 4.78 is 5.63. The molecule has 1 aromatic heterocycles. The van der Waals surface area contributed by atoms with E-state index in [0.29, 0.717) is 15.9 Å². The zero-order valence-electron chi connectivity index (χ0n) is 14.5. The molecule has 2 aromatic carbocycles. The number of anilines is 1. The number of ether oxygens (including phenoxy) is 1. The Balaban J connectivity index is 1.62. The molecule has 1 atom stereocenters. The van der Waals surface area contributed by atoms with Crippen LogP contribution in [-0.4, -0.2) is 17.0 Å². The number of amides is 1. The SMILES string of the molecule is CCc1ccc(-c2csc(NC(=O)C(C)Oc3ccc(Cl)cc3)n2)cc1. The van der Waals surface area contributed by atoms with E-state index >= 15 is 0 Å². The molecule has 0 spiro atoms. The minimum atomic E-state index is -0.646. The number of hydrogen-bond acceptors (Lipinski definition) is 4. The van der Waals surface area contributed by atoms with Crippen molar-refractivity contribution in [3.63, 3.8) is 0 Å². The van der Waals surface area contributed by atoms with Crippen LogP contribution in [0.4, 0.5) is 5.13 Å². The Morgan fingerprint density at radius 1 is 1.19 bits per heavy atom. The summed E-state index contributed by atoms with van der Waals surface area (Å²) in [5, 5.41) is 5.91. The number of hydrogen-bond donors (Lipinski definition) is 1. The van der Waals surface area contributed by atoms with Gasteiger partial charge in [-0.2, -0.15) is 0 Å². The number of nitrogens with one attached hydrogen (secondary N) is 1. The first-order valence-corrected chi connectivity index (χ1v) is 9.59. The van der Waals surface area contributed by atoms with Crippen molar-refractivity contribution in [3.05, 3.63) is 64.5 Å². The summed E-state index contributed by atoms with van der Waals surface area (Å²) >= 11 is 7.24. The van der Waals surface area contributed by atoms with Crippen LogP contribution in [0.25, 0.3) is 11.3 Å². The lowest BCUT2D eigenvalue weighted by molar-refractivity contribution is -0.122. The van der Waals surface area contributed by atoms with Crippen LogP contribution in [0.2, 0.25) is 5.02 Å². The third-order valence-corrected chi connectivity index (χ3v) is 4.90. The Morgan fingerprint density at radius 2 is 1.88 bits per heavy atom. The molecule has 26 heavy (non-hydrogen) atoms. The Hall–Kier alpha value is -2.37. The molecule has 3 aromatic rings. The van der Waals surface area contributed by atoms with E-state index in [1.54, 1.807) is 31.2 Å². The molecule has 0 aliphatic rings. The topological polar surface area (TPSA) is 51.2 Å². The van der Waals surface area contributed by atoms with Gasteiger partial charge in [-0.15, -0.1) is 11.3 Å². The van der Waals surface area contributed by atoms with E-state index in [0.717, 1.165) is 17.7 Å². The molecule has 1 heterocycles. The lowest BCUT2D eigenvalue weighted by Crippen LogP contribution is -2.30. The molecule has 1 unspecified atom stereocenters. The van der Waals surface area contributed by atoms with Crippen molar-refractivity contribution in [1.82, 2.24) is 4.98 Å². The maximum atomic E-state index is 12.3. The van der Waals surface area contributed by atoms with Gasteiger partial charge in [0.2, 0.25) is 0 Å². The van der Waals surface area contributed by atoms with E-state index in [4.69, 9.17) is 16.3 Å². The first-order chi connectivity index (χ1) is 12.5. The number of carbonyl (C=O) groups excluding carboxylic acids is 1. The summed E-state index contributed by atoms with van der Waals surface area (Å²) in [5.74, 6) is 0.343. The van der Waals surface area contributed by atoms with Gasteiger partial charge in [-0.1, -0.05) is 42.8 Å². The van der Waals surface area contributed by atoms with Gasteiger partial charge in [0, 0.05) is 16.0 Å². The van der Waals surface area contributed by atoms with Crippen LogP contribution in [0, 0.1) is 0 Å². The lowest BCUT2D eigenvalue weighted by Gasteiger charge is -2.13. The van der Waals surface area contributed by atoms with E-state index in [-0.39, 0.29) is 5.91 Å². The molecule has 0 saturated carbocycles. The molecule has 1 N–H and O–H groups in total. The van der Waals surface area contributed by atoms with E-state index in [2.05, 4.69) is 29.4 Å². The Bertz CT molecular complexity index is 876. The number of nitrogens with zero attached hydrogens (tertiary/aromatic N) is 1. The highest BCUT2D eigenvalue weighted by molar-refractivity contribution is 7.14. The van der Waals surface area contributed by atoms with Gasteiger partial charge in [-0.05, 0) is 43.2 Å². The number of halogens is 1. The van der Waals surface area contributed by atoms with Crippen molar-refractivity contribution in [2.45, 2.75) is 26.4 Å². The summed E-state index contributed by atoms with van der Waals surface area (Å²) in [5.41, 5.74) is 3.16. The minimum absolute atomic E-state index is 0.248. The zero-order valence-corrected chi connectivity index (χ0v) is 16.1. The quantitative estimate of drug-likeness (QED) is 0.614. The Kier molecular flexibility index (Phi) is 5.91. The fourth-order valence-electron chi connectivity index (χ4n) is 2.35. The molecule has 3 rings (SSSR count). The van der Waals surface area contributed by atoms with E-state index in [1.165, 1.54) is 16.9 Å². The molecule has 0 aliphatic carbocycles. The van der Waals surface area contributed by atoms with E-state index < -0.39 is 6.10 Å². The van der Waals surface area contributed by atoms with Crippen LogP contribution in [0.1, 0.15) is 19.4 Å². The first kappa shape index (κ1) is 18.4. The van der Waals surface area contributed by atoms with Crippen molar-refractivity contribution in [2.24, 2.45) is 0 Å². The highest BCUT2D eigenvalue weighted by Gasteiger charge is 2.16. The predicted molar refractivity (Wildman–Crippen MR) is 107 cm³/mol. The molecular weight excluding hydrogens is 368 g/mol. The van der Waals surface area contributed by atoms with Crippen molar-refractivity contribution in [1.29, 1.82) is 0 Å². The molecule has 0 bridgehead atoms.